The minimum absolute atomic E-state index is 0.00310. The van der Waals surface area contributed by atoms with Gasteiger partial charge in [0.25, 0.3) is 5.79 Å². The summed E-state index contributed by atoms with van der Waals surface area (Å²) in [6.45, 7) is 4.94. The lowest BCUT2D eigenvalue weighted by atomic mass is 10.0. The van der Waals surface area contributed by atoms with Crippen molar-refractivity contribution >= 4 is 11.6 Å². The van der Waals surface area contributed by atoms with Crippen molar-refractivity contribution < 1.29 is 29.2 Å². The molecular weight excluding hydrogens is 400 g/mol. The normalized spacial score (nSPS) is 19.1. The Hall–Kier alpha value is -2.97. The number of fused-ring (bicyclic) bond motifs is 1. The van der Waals surface area contributed by atoms with Crippen molar-refractivity contribution in [2.24, 2.45) is 0 Å². The smallest absolute Gasteiger partial charge is 0.254 e. The van der Waals surface area contributed by atoms with Crippen LogP contribution in [-0.4, -0.2) is 58.6 Å². The molecule has 2 aliphatic heterocycles. The van der Waals surface area contributed by atoms with Gasteiger partial charge in [-0.15, -0.1) is 0 Å². The Kier molecular flexibility index (Phi) is 5.68. The number of hydrogen-bond acceptors (Lipinski definition) is 7. The number of piperidine rings is 1. The molecule has 0 aromatic heterocycles. The topological polar surface area (TPSA) is 100 Å². The van der Waals surface area contributed by atoms with Crippen molar-refractivity contribution in [3.63, 3.8) is 0 Å². The molecule has 0 radical (unpaired) electrons. The third-order valence-electron chi connectivity index (χ3n) is 5.44. The van der Waals surface area contributed by atoms with Crippen LogP contribution in [0.1, 0.15) is 26.7 Å². The van der Waals surface area contributed by atoms with Gasteiger partial charge in [-0.1, -0.05) is 12.1 Å². The van der Waals surface area contributed by atoms with Gasteiger partial charge in [-0.2, -0.15) is 0 Å². The fourth-order valence-electron chi connectivity index (χ4n) is 3.98. The summed E-state index contributed by atoms with van der Waals surface area (Å²) in [5.74, 6) is 0.997. The number of aromatic hydroxyl groups is 1. The van der Waals surface area contributed by atoms with E-state index in [0.29, 0.717) is 43.9 Å². The number of hydrogen-bond donors (Lipinski definition) is 3. The van der Waals surface area contributed by atoms with Crippen LogP contribution in [0.25, 0.3) is 0 Å². The molecule has 0 bridgehead atoms. The van der Waals surface area contributed by atoms with Gasteiger partial charge < -0.3 is 29.7 Å². The summed E-state index contributed by atoms with van der Waals surface area (Å²) < 4.78 is 17.9. The highest BCUT2D eigenvalue weighted by Gasteiger charge is 2.44. The molecule has 1 fully saturated rings. The predicted molar refractivity (Wildman–Crippen MR) is 115 cm³/mol. The summed E-state index contributed by atoms with van der Waals surface area (Å²) >= 11 is 0. The van der Waals surface area contributed by atoms with Crippen LogP contribution in [0.5, 0.6) is 23.0 Å². The van der Waals surface area contributed by atoms with Gasteiger partial charge in [-0.25, -0.2) is 0 Å². The number of β-amino-alcohol motifs (C(OH)–C–C–N with tert-alkyl or cyclic N) is 1. The number of phenolic OH excluding ortho intramolecular Hbond substituents is 1. The number of phenols is 1. The highest BCUT2D eigenvalue weighted by molar-refractivity contribution is 5.90. The number of ether oxygens (including phenoxy) is 3. The Morgan fingerprint density at radius 1 is 1.19 bits per heavy atom. The van der Waals surface area contributed by atoms with Gasteiger partial charge in [0.1, 0.15) is 23.7 Å². The number of nitrogens with zero attached hydrogens (tertiary/aromatic N) is 1. The molecule has 166 valence electrons. The highest BCUT2D eigenvalue weighted by atomic mass is 16.7. The number of para-hydroxylation sites is 2. The molecule has 3 N–H and O–H groups in total. The predicted octanol–water partition coefficient (Wildman–Crippen LogP) is 2.74. The summed E-state index contributed by atoms with van der Waals surface area (Å²) in [5, 5.41) is 23.3. The molecule has 8 heteroatoms. The van der Waals surface area contributed by atoms with Crippen LogP contribution in [0.15, 0.2) is 42.5 Å². The maximum absolute atomic E-state index is 11.4. The molecule has 4 rings (SSSR count). The molecule has 1 spiro atoms. The number of carbonyl (C=O) groups excluding carboxylic acids is 1. The van der Waals surface area contributed by atoms with Gasteiger partial charge in [0.2, 0.25) is 5.91 Å². The molecule has 2 heterocycles. The largest absolute Gasteiger partial charge is 0.508 e. The Morgan fingerprint density at radius 2 is 1.84 bits per heavy atom. The van der Waals surface area contributed by atoms with E-state index in [1.807, 2.05) is 24.3 Å². The molecule has 1 atom stereocenters. The summed E-state index contributed by atoms with van der Waals surface area (Å²) in [6.07, 6.45) is 1.38. The van der Waals surface area contributed by atoms with Gasteiger partial charge >= 0.3 is 0 Å². The van der Waals surface area contributed by atoms with E-state index < -0.39 is 11.4 Å². The van der Waals surface area contributed by atoms with Crippen molar-refractivity contribution in [2.75, 3.05) is 31.6 Å². The van der Waals surface area contributed by atoms with E-state index in [4.69, 9.17) is 14.2 Å². The Labute approximate surface area is 181 Å². The zero-order chi connectivity index (χ0) is 22.1. The standard InChI is InChI=1S/C23H28N2O6/c1-16(26)24-18-8-7-17(27)13-21(18)29-15-22(2,28)14-25-11-9-23(10-12-25)30-19-5-3-4-6-20(19)31-23/h3-8,13,27-28H,9-12,14-15H2,1-2H3,(H,24,26)/t22-/m0/s1. The number of nitrogens with one attached hydrogen (secondary N) is 1. The van der Waals surface area contributed by atoms with E-state index in [9.17, 15) is 15.0 Å². The molecular formula is C23H28N2O6. The number of aliphatic hydroxyl groups is 1. The monoisotopic (exact) mass is 428 g/mol. The maximum Gasteiger partial charge on any atom is 0.254 e. The van der Waals surface area contributed by atoms with Crippen LogP contribution in [0.2, 0.25) is 0 Å². The maximum atomic E-state index is 11.4. The molecule has 2 aliphatic rings. The van der Waals surface area contributed by atoms with Gasteiger partial charge in [-0.05, 0) is 31.2 Å². The van der Waals surface area contributed by atoms with Crippen LogP contribution >= 0.6 is 0 Å². The van der Waals surface area contributed by atoms with E-state index in [2.05, 4.69) is 10.2 Å². The first-order valence-corrected chi connectivity index (χ1v) is 10.4. The van der Waals surface area contributed by atoms with Crippen molar-refractivity contribution in [3.05, 3.63) is 42.5 Å². The summed E-state index contributed by atoms with van der Waals surface area (Å²) in [7, 11) is 0. The lowest BCUT2D eigenvalue weighted by Crippen LogP contribution is -2.53. The molecule has 0 unspecified atom stereocenters. The van der Waals surface area contributed by atoms with Crippen LogP contribution in [0.3, 0.4) is 0 Å². The molecule has 0 aliphatic carbocycles. The first-order valence-electron chi connectivity index (χ1n) is 10.4. The Bertz CT molecular complexity index is 926. The van der Waals surface area contributed by atoms with E-state index in [0.717, 1.165) is 11.5 Å². The van der Waals surface area contributed by atoms with Crippen LogP contribution in [0, 0.1) is 0 Å². The number of rotatable bonds is 6. The van der Waals surface area contributed by atoms with Gasteiger partial charge in [0, 0.05) is 45.5 Å². The summed E-state index contributed by atoms with van der Waals surface area (Å²) in [6, 6.07) is 12.1. The minimum atomic E-state index is -1.14. The fraction of sp³-hybridized carbons (Fsp3) is 0.435. The van der Waals surface area contributed by atoms with E-state index >= 15 is 0 Å². The highest BCUT2D eigenvalue weighted by Crippen LogP contribution is 2.43. The van der Waals surface area contributed by atoms with Gasteiger partial charge in [0.15, 0.2) is 11.5 Å². The Balaban J connectivity index is 1.31. The van der Waals surface area contributed by atoms with Crippen molar-refractivity contribution in [1.82, 2.24) is 4.90 Å². The second-order valence-electron chi connectivity index (χ2n) is 8.48. The molecule has 0 saturated carbocycles. The van der Waals surface area contributed by atoms with Crippen LogP contribution in [0.4, 0.5) is 5.69 Å². The first kappa shape index (κ1) is 21.3. The fourth-order valence-corrected chi connectivity index (χ4v) is 3.98. The van der Waals surface area contributed by atoms with E-state index in [-0.39, 0.29) is 18.3 Å². The summed E-state index contributed by atoms with van der Waals surface area (Å²) in [5.41, 5.74) is -0.694. The van der Waals surface area contributed by atoms with Crippen LogP contribution < -0.4 is 19.5 Å². The average molecular weight is 428 g/mol. The molecule has 2 aromatic carbocycles. The molecule has 1 amide bonds. The summed E-state index contributed by atoms with van der Waals surface area (Å²) in [4.78, 5) is 13.5. The molecule has 1 saturated heterocycles. The lowest BCUT2D eigenvalue weighted by Gasteiger charge is -2.39. The second kappa shape index (κ2) is 8.28. The second-order valence-corrected chi connectivity index (χ2v) is 8.48. The number of anilines is 1. The van der Waals surface area contributed by atoms with Gasteiger partial charge in [0.05, 0.1) is 5.69 Å². The number of likely N-dealkylation sites (tertiary alicyclic amines) is 1. The zero-order valence-corrected chi connectivity index (χ0v) is 17.8. The van der Waals surface area contributed by atoms with E-state index in [1.54, 1.807) is 13.0 Å². The molecule has 31 heavy (non-hydrogen) atoms. The third-order valence-corrected chi connectivity index (χ3v) is 5.44. The van der Waals surface area contributed by atoms with Gasteiger partial charge in [-0.3, -0.25) is 9.69 Å². The number of benzene rings is 2. The lowest BCUT2D eigenvalue weighted by molar-refractivity contribution is -0.127. The van der Waals surface area contributed by atoms with Crippen molar-refractivity contribution in [2.45, 2.75) is 38.1 Å². The first-order chi connectivity index (χ1) is 14.7. The number of amides is 1. The average Bonchev–Trinajstić information content (AvgIpc) is 3.07. The van der Waals surface area contributed by atoms with Crippen LogP contribution in [-0.2, 0) is 4.79 Å². The zero-order valence-electron chi connectivity index (χ0n) is 17.8. The molecule has 2 aromatic rings. The third kappa shape index (κ3) is 5.03. The SMILES string of the molecule is CC(=O)Nc1ccc(O)cc1OC[C@@](C)(O)CN1CCC2(CC1)Oc1ccccc1O2. The van der Waals surface area contributed by atoms with E-state index in [1.165, 1.54) is 19.1 Å². The Morgan fingerprint density at radius 3 is 2.45 bits per heavy atom. The number of carbonyl (C=O) groups is 1. The van der Waals surface area contributed by atoms with Crippen molar-refractivity contribution in [1.29, 1.82) is 0 Å². The minimum Gasteiger partial charge on any atom is -0.508 e. The quantitative estimate of drug-likeness (QED) is 0.608. The molecule has 8 nitrogen and oxygen atoms in total. The van der Waals surface area contributed by atoms with Crippen molar-refractivity contribution in [3.8, 4) is 23.0 Å².